The monoisotopic (exact) mass is 566 g/mol. The topological polar surface area (TPSA) is 111 Å². The molecule has 3 aromatic rings. The molecule has 0 heterocycles. The van der Waals surface area contributed by atoms with E-state index in [-0.39, 0.29) is 39.9 Å². The SMILES string of the molecule is CCOC(=O)c1ccc(NC(=O)CN(c2cccc(C(F)(F)F)c2)S(=O)(=O)c2ccc(OC)c(OC)c2)cc1. The number of hydrogen-bond acceptors (Lipinski definition) is 7. The van der Waals surface area contributed by atoms with Gasteiger partial charge >= 0.3 is 12.1 Å². The van der Waals surface area contributed by atoms with E-state index in [0.29, 0.717) is 10.4 Å². The third kappa shape index (κ3) is 6.99. The number of nitrogens with zero attached hydrogens (tertiary/aromatic N) is 1. The van der Waals surface area contributed by atoms with Crippen LogP contribution in [0.4, 0.5) is 24.5 Å². The van der Waals surface area contributed by atoms with Gasteiger partial charge in [-0.15, -0.1) is 0 Å². The molecule has 0 saturated carbocycles. The van der Waals surface area contributed by atoms with Crippen molar-refractivity contribution in [2.75, 3.05) is 37.0 Å². The maximum Gasteiger partial charge on any atom is 0.416 e. The fraction of sp³-hybridized carbons (Fsp3) is 0.231. The number of nitrogens with one attached hydrogen (secondary N) is 1. The second kappa shape index (κ2) is 12.1. The van der Waals surface area contributed by atoms with Crippen LogP contribution in [0, 0.1) is 0 Å². The summed E-state index contributed by atoms with van der Waals surface area (Å²) in [6, 6.07) is 12.9. The van der Waals surface area contributed by atoms with Crippen LogP contribution in [-0.4, -0.2) is 47.7 Å². The minimum absolute atomic E-state index is 0.0636. The van der Waals surface area contributed by atoms with Crippen molar-refractivity contribution in [1.29, 1.82) is 0 Å². The van der Waals surface area contributed by atoms with E-state index in [0.717, 1.165) is 24.3 Å². The van der Waals surface area contributed by atoms with Gasteiger partial charge in [0.15, 0.2) is 11.5 Å². The molecule has 0 aromatic heterocycles. The predicted octanol–water partition coefficient (Wildman–Crippen LogP) is 4.73. The molecule has 0 radical (unpaired) electrons. The van der Waals surface area contributed by atoms with Crippen LogP contribution in [0.15, 0.2) is 71.6 Å². The average Bonchev–Trinajstić information content (AvgIpc) is 2.91. The van der Waals surface area contributed by atoms with E-state index in [9.17, 15) is 31.2 Å². The second-order valence-electron chi connectivity index (χ2n) is 7.92. The van der Waals surface area contributed by atoms with E-state index in [1.165, 1.54) is 50.6 Å². The van der Waals surface area contributed by atoms with Crippen molar-refractivity contribution < 1.29 is 45.4 Å². The quantitative estimate of drug-likeness (QED) is 0.353. The Labute approximate surface area is 223 Å². The molecule has 0 atom stereocenters. The normalized spacial score (nSPS) is 11.4. The van der Waals surface area contributed by atoms with Crippen molar-refractivity contribution in [2.45, 2.75) is 18.0 Å². The number of carbonyl (C=O) groups excluding carboxylic acids is 2. The zero-order chi connectivity index (χ0) is 28.8. The first-order chi connectivity index (χ1) is 18.4. The maximum absolute atomic E-state index is 13.6. The molecule has 0 fully saturated rings. The number of sulfonamides is 1. The molecular formula is C26H25F3N2O7S. The number of halogens is 3. The molecule has 0 aliphatic heterocycles. The van der Waals surface area contributed by atoms with Crippen molar-refractivity contribution >= 4 is 33.3 Å². The molecule has 1 N–H and O–H groups in total. The highest BCUT2D eigenvalue weighted by Crippen LogP contribution is 2.35. The molecule has 0 unspecified atom stereocenters. The minimum Gasteiger partial charge on any atom is -0.493 e. The van der Waals surface area contributed by atoms with Gasteiger partial charge in [0.2, 0.25) is 5.91 Å². The van der Waals surface area contributed by atoms with E-state index in [4.69, 9.17) is 14.2 Å². The standard InChI is InChI=1S/C26H25F3N2O7S/c1-4-38-25(33)17-8-10-19(11-9-17)30-24(32)16-31(20-7-5-6-18(14-20)26(27,28)29)39(34,35)21-12-13-22(36-2)23(15-21)37-3/h5-15H,4,16H2,1-3H3,(H,30,32). The highest BCUT2D eigenvalue weighted by Gasteiger charge is 2.33. The van der Waals surface area contributed by atoms with Gasteiger partial charge in [0.1, 0.15) is 6.54 Å². The molecule has 9 nitrogen and oxygen atoms in total. The molecule has 39 heavy (non-hydrogen) atoms. The number of anilines is 2. The maximum atomic E-state index is 13.6. The number of alkyl halides is 3. The Kier molecular flexibility index (Phi) is 9.07. The smallest absolute Gasteiger partial charge is 0.416 e. The van der Waals surface area contributed by atoms with Crippen LogP contribution in [0.1, 0.15) is 22.8 Å². The third-order valence-electron chi connectivity index (χ3n) is 5.37. The second-order valence-corrected chi connectivity index (χ2v) is 9.78. The van der Waals surface area contributed by atoms with Crippen LogP contribution in [0.3, 0.4) is 0 Å². The summed E-state index contributed by atoms with van der Waals surface area (Å²) >= 11 is 0. The van der Waals surface area contributed by atoms with Crippen molar-refractivity contribution in [3.05, 3.63) is 77.9 Å². The van der Waals surface area contributed by atoms with Crippen LogP contribution in [0.25, 0.3) is 0 Å². The lowest BCUT2D eigenvalue weighted by Gasteiger charge is -2.25. The fourth-order valence-corrected chi connectivity index (χ4v) is 4.92. The average molecular weight is 567 g/mol. The summed E-state index contributed by atoms with van der Waals surface area (Å²) in [6.45, 7) is 0.966. The molecular weight excluding hydrogens is 541 g/mol. The van der Waals surface area contributed by atoms with Crippen LogP contribution in [0.5, 0.6) is 11.5 Å². The lowest BCUT2D eigenvalue weighted by Crippen LogP contribution is -2.38. The van der Waals surface area contributed by atoms with Crippen molar-refractivity contribution in [1.82, 2.24) is 0 Å². The van der Waals surface area contributed by atoms with E-state index in [2.05, 4.69) is 5.32 Å². The molecule has 208 valence electrons. The van der Waals surface area contributed by atoms with Crippen LogP contribution in [-0.2, 0) is 25.7 Å². The molecule has 13 heteroatoms. The van der Waals surface area contributed by atoms with E-state index < -0.39 is 40.2 Å². The molecule has 1 amide bonds. The lowest BCUT2D eigenvalue weighted by atomic mass is 10.2. The molecule has 0 aliphatic carbocycles. The summed E-state index contributed by atoms with van der Waals surface area (Å²) in [5, 5.41) is 2.49. The van der Waals surface area contributed by atoms with E-state index in [1.807, 2.05) is 0 Å². The van der Waals surface area contributed by atoms with Crippen LogP contribution >= 0.6 is 0 Å². The van der Waals surface area contributed by atoms with Crippen molar-refractivity contribution in [3.63, 3.8) is 0 Å². The van der Waals surface area contributed by atoms with Gasteiger partial charge in [-0.2, -0.15) is 13.2 Å². The van der Waals surface area contributed by atoms with Gasteiger partial charge in [0.05, 0.1) is 42.5 Å². The van der Waals surface area contributed by atoms with Crippen molar-refractivity contribution in [3.8, 4) is 11.5 Å². The number of hydrogen-bond donors (Lipinski definition) is 1. The Hall–Kier alpha value is -4.26. The van der Waals surface area contributed by atoms with Gasteiger partial charge in [-0.1, -0.05) is 6.07 Å². The molecule has 0 spiro atoms. The zero-order valence-corrected chi connectivity index (χ0v) is 21.9. The first-order valence-corrected chi connectivity index (χ1v) is 12.8. The summed E-state index contributed by atoms with van der Waals surface area (Å²) in [6.07, 6.45) is -4.75. The summed E-state index contributed by atoms with van der Waals surface area (Å²) < 4.78 is 83.3. The first-order valence-electron chi connectivity index (χ1n) is 11.4. The number of rotatable bonds is 10. The van der Waals surface area contributed by atoms with Gasteiger partial charge in [0, 0.05) is 11.8 Å². The Morgan fingerprint density at radius 1 is 0.923 bits per heavy atom. The van der Waals surface area contributed by atoms with Crippen LogP contribution < -0.4 is 19.1 Å². The molecule has 0 aliphatic rings. The number of esters is 1. The molecule has 0 bridgehead atoms. The van der Waals surface area contributed by atoms with Gasteiger partial charge in [-0.05, 0) is 61.5 Å². The van der Waals surface area contributed by atoms with Crippen LogP contribution in [0.2, 0.25) is 0 Å². The Morgan fingerprint density at radius 3 is 2.18 bits per heavy atom. The number of carbonyl (C=O) groups is 2. The van der Waals surface area contributed by atoms with E-state index in [1.54, 1.807) is 6.92 Å². The first kappa shape index (κ1) is 29.3. The third-order valence-corrected chi connectivity index (χ3v) is 7.14. The van der Waals surface area contributed by atoms with Gasteiger partial charge in [0.25, 0.3) is 10.0 Å². The number of ether oxygens (including phenoxy) is 3. The fourth-order valence-electron chi connectivity index (χ4n) is 3.49. The summed E-state index contributed by atoms with van der Waals surface area (Å²) in [7, 11) is -1.93. The summed E-state index contributed by atoms with van der Waals surface area (Å²) in [5.41, 5.74) is -1.02. The highest BCUT2D eigenvalue weighted by atomic mass is 32.2. The number of benzene rings is 3. The lowest BCUT2D eigenvalue weighted by molar-refractivity contribution is -0.137. The van der Waals surface area contributed by atoms with Crippen molar-refractivity contribution in [2.24, 2.45) is 0 Å². The molecule has 3 aromatic carbocycles. The highest BCUT2D eigenvalue weighted by molar-refractivity contribution is 7.92. The Morgan fingerprint density at radius 2 is 1.59 bits per heavy atom. The summed E-state index contributed by atoms with van der Waals surface area (Å²) in [5.74, 6) is -1.12. The summed E-state index contributed by atoms with van der Waals surface area (Å²) in [4.78, 5) is 24.4. The van der Waals surface area contributed by atoms with Gasteiger partial charge in [-0.25, -0.2) is 13.2 Å². The molecule has 3 rings (SSSR count). The predicted molar refractivity (Wildman–Crippen MR) is 137 cm³/mol. The van der Waals surface area contributed by atoms with Gasteiger partial charge < -0.3 is 19.5 Å². The largest absolute Gasteiger partial charge is 0.493 e. The van der Waals surface area contributed by atoms with E-state index >= 15 is 0 Å². The van der Waals surface area contributed by atoms with Gasteiger partial charge in [-0.3, -0.25) is 9.10 Å². The molecule has 0 saturated heterocycles. The number of methoxy groups -OCH3 is 2. The Bertz CT molecular complexity index is 1440. The zero-order valence-electron chi connectivity index (χ0n) is 21.1. The minimum atomic E-state index is -4.75. The Balaban J connectivity index is 1.98. The number of amides is 1.